The average molecular weight is 236 g/mol. The smallest absolute Gasteiger partial charge is 0.215 e. The summed E-state index contributed by atoms with van der Waals surface area (Å²) >= 11 is 0. The molecular weight excluding hydrogens is 216 g/mol. The monoisotopic (exact) mass is 236 g/mol. The Balaban J connectivity index is 2.20. The first kappa shape index (κ1) is 12.9. The minimum absolute atomic E-state index is 0.0733. The van der Waals surface area contributed by atoms with Gasteiger partial charge in [0.05, 0.1) is 18.5 Å². The minimum Gasteiger partial charge on any atom is -0.377 e. The fourth-order valence-electron chi connectivity index (χ4n) is 1.46. The van der Waals surface area contributed by atoms with Gasteiger partial charge in [-0.3, -0.25) is 0 Å². The first-order valence-electron chi connectivity index (χ1n) is 5.25. The molecule has 0 unspecified atom stereocenters. The van der Waals surface area contributed by atoms with Gasteiger partial charge in [-0.2, -0.15) is 0 Å². The molecule has 6 heteroatoms. The number of nitrogens with zero attached hydrogens (tertiary/aromatic N) is 1. The molecule has 90 valence electrons. The van der Waals surface area contributed by atoms with Crippen molar-refractivity contribution in [2.75, 3.05) is 39.5 Å². The van der Waals surface area contributed by atoms with Crippen LogP contribution in [0.4, 0.5) is 0 Å². The molecule has 0 aromatic carbocycles. The molecule has 0 aromatic heterocycles. The second-order valence-corrected chi connectivity index (χ2v) is 6.22. The van der Waals surface area contributed by atoms with Gasteiger partial charge in [-0.05, 0) is 25.9 Å². The standard InChI is InChI=1S/C9H20N2O3S/c1-11(2)15(12,13)8-7-14-9-3-5-10-6-4-9/h9-10H,3-8H2,1-2H3. The van der Waals surface area contributed by atoms with Crippen molar-refractivity contribution in [2.45, 2.75) is 18.9 Å². The third kappa shape index (κ3) is 4.46. The summed E-state index contributed by atoms with van der Waals surface area (Å²) in [4.78, 5) is 0. The van der Waals surface area contributed by atoms with Gasteiger partial charge in [0.15, 0.2) is 0 Å². The molecule has 1 rings (SSSR count). The number of hydrogen-bond donors (Lipinski definition) is 1. The maximum absolute atomic E-state index is 11.4. The van der Waals surface area contributed by atoms with E-state index in [2.05, 4.69) is 5.32 Å². The van der Waals surface area contributed by atoms with E-state index in [9.17, 15) is 8.42 Å². The number of hydrogen-bond acceptors (Lipinski definition) is 4. The lowest BCUT2D eigenvalue weighted by atomic mass is 10.1. The van der Waals surface area contributed by atoms with E-state index in [0.717, 1.165) is 25.9 Å². The van der Waals surface area contributed by atoms with Crippen molar-refractivity contribution in [1.82, 2.24) is 9.62 Å². The highest BCUT2D eigenvalue weighted by atomic mass is 32.2. The van der Waals surface area contributed by atoms with Crippen molar-refractivity contribution in [1.29, 1.82) is 0 Å². The van der Waals surface area contributed by atoms with Gasteiger partial charge in [-0.15, -0.1) is 0 Å². The molecule has 1 aliphatic heterocycles. The van der Waals surface area contributed by atoms with Gasteiger partial charge in [0.1, 0.15) is 0 Å². The molecule has 0 aromatic rings. The van der Waals surface area contributed by atoms with E-state index in [-0.39, 0.29) is 11.9 Å². The van der Waals surface area contributed by atoms with Crippen LogP contribution in [0.2, 0.25) is 0 Å². The van der Waals surface area contributed by atoms with E-state index in [0.29, 0.717) is 6.61 Å². The fraction of sp³-hybridized carbons (Fsp3) is 1.00. The van der Waals surface area contributed by atoms with Gasteiger partial charge < -0.3 is 10.1 Å². The topological polar surface area (TPSA) is 58.6 Å². The molecule has 1 fully saturated rings. The number of nitrogens with one attached hydrogen (secondary N) is 1. The van der Waals surface area contributed by atoms with Crippen LogP contribution in [0.1, 0.15) is 12.8 Å². The number of sulfonamides is 1. The summed E-state index contributed by atoms with van der Waals surface area (Å²) in [5, 5.41) is 3.23. The van der Waals surface area contributed by atoms with Crippen molar-refractivity contribution < 1.29 is 13.2 Å². The molecule has 1 N–H and O–H groups in total. The van der Waals surface area contributed by atoms with E-state index < -0.39 is 10.0 Å². The van der Waals surface area contributed by atoms with Crippen molar-refractivity contribution in [3.05, 3.63) is 0 Å². The van der Waals surface area contributed by atoms with E-state index in [1.807, 2.05) is 0 Å². The lowest BCUT2D eigenvalue weighted by molar-refractivity contribution is 0.0424. The van der Waals surface area contributed by atoms with Gasteiger partial charge in [0.2, 0.25) is 10.0 Å². The van der Waals surface area contributed by atoms with Crippen LogP contribution < -0.4 is 5.32 Å². The molecule has 1 heterocycles. The Kier molecular flexibility index (Phi) is 4.98. The normalized spacial score (nSPS) is 19.7. The summed E-state index contributed by atoms with van der Waals surface area (Å²) < 4.78 is 29.6. The van der Waals surface area contributed by atoms with Crippen molar-refractivity contribution in [2.24, 2.45) is 0 Å². The maximum atomic E-state index is 11.4. The quantitative estimate of drug-likeness (QED) is 0.708. The molecule has 5 nitrogen and oxygen atoms in total. The third-order valence-electron chi connectivity index (χ3n) is 2.54. The van der Waals surface area contributed by atoms with Gasteiger partial charge >= 0.3 is 0 Å². The van der Waals surface area contributed by atoms with Crippen LogP contribution in [-0.4, -0.2) is 58.4 Å². The first-order valence-corrected chi connectivity index (χ1v) is 6.86. The molecule has 1 aliphatic rings. The van der Waals surface area contributed by atoms with Crippen molar-refractivity contribution >= 4 is 10.0 Å². The largest absolute Gasteiger partial charge is 0.377 e. The Labute approximate surface area is 91.8 Å². The average Bonchev–Trinajstić information content (AvgIpc) is 2.19. The summed E-state index contributed by atoms with van der Waals surface area (Å²) in [5.74, 6) is 0.0733. The summed E-state index contributed by atoms with van der Waals surface area (Å²) in [6.45, 7) is 2.22. The molecule has 0 atom stereocenters. The molecule has 0 radical (unpaired) electrons. The van der Waals surface area contributed by atoms with E-state index >= 15 is 0 Å². The predicted molar refractivity (Wildman–Crippen MR) is 59.3 cm³/mol. The summed E-state index contributed by atoms with van der Waals surface area (Å²) in [7, 11) is -0.0232. The van der Waals surface area contributed by atoms with Gasteiger partial charge in [0.25, 0.3) is 0 Å². The van der Waals surface area contributed by atoms with E-state index in [1.54, 1.807) is 14.1 Å². The number of ether oxygens (including phenoxy) is 1. The van der Waals surface area contributed by atoms with Crippen LogP contribution in [0.15, 0.2) is 0 Å². The van der Waals surface area contributed by atoms with Crippen LogP contribution in [0, 0.1) is 0 Å². The highest BCUT2D eigenvalue weighted by Crippen LogP contribution is 2.07. The number of rotatable bonds is 5. The van der Waals surface area contributed by atoms with Gasteiger partial charge in [-0.1, -0.05) is 0 Å². The SMILES string of the molecule is CN(C)S(=O)(=O)CCOC1CCNCC1. The first-order chi connectivity index (χ1) is 7.02. The zero-order valence-electron chi connectivity index (χ0n) is 9.40. The van der Waals surface area contributed by atoms with Crippen molar-refractivity contribution in [3.63, 3.8) is 0 Å². The molecule has 15 heavy (non-hydrogen) atoms. The molecule has 0 aliphatic carbocycles. The highest BCUT2D eigenvalue weighted by molar-refractivity contribution is 7.89. The van der Waals surface area contributed by atoms with Crippen molar-refractivity contribution in [3.8, 4) is 0 Å². The third-order valence-corrected chi connectivity index (χ3v) is 4.33. The molecule has 0 spiro atoms. The van der Waals surface area contributed by atoms with Crippen LogP contribution in [0.5, 0.6) is 0 Å². The van der Waals surface area contributed by atoms with Crippen LogP contribution >= 0.6 is 0 Å². The van der Waals surface area contributed by atoms with Crippen LogP contribution in [-0.2, 0) is 14.8 Å². The second-order valence-electron chi connectivity index (χ2n) is 3.92. The summed E-state index contributed by atoms with van der Waals surface area (Å²) in [5.41, 5.74) is 0. The van der Waals surface area contributed by atoms with Crippen LogP contribution in [0.3, 0.4) is 0 Å². The Morgan fingerprint density at radius 2 is 1.93 bits per heavy atom. The van der Waals surface area contributed by atoms with Crippen LogP contribution in [0.25, 0.3) is 0 Å². The van der Waals surface area contributed by atoms with Gasteiger partial charge in [0, 0.05) is 14.1 Å². The number of piperidine rings is 1. The maximum Gasteiger partial charge on any atom is 0.215 e. The molecular formula is C9H20N2O3S. The Hall–Kier alpha value is -0.170. The summed E-state index contributed by atoms with van der Waals surface area (Å²) in [6.07, 6.45) is 2.17. The second kappa shape index (κ2) is 5.79. The van der Waals surface area contributed by atoms with E-state index in [1.165, 1.54) is 4.31 Å². The molecule has 0 amide bonds. The Morgan fingerprint density at radius 3 is 2.47 bits per heavy atom. The Bertz CT molecular complexity index is 271. The lowest BCUT2D eigenvalue weighted by Crippen LogP contribution is -2.34. The minimum atomic E-state index is -3.11. The summed E-state index contributed by atoms with van der Waals surface area (Å²) in [6, 6.07) is 0. The Morgan fingerprint density at radius 1 is 1.33 bits per heavy atom. The highest BCUT2D eigenvalue weighted by Gasteiger charge is 2.17. The zero-order valence-corrected chi connectivity index (χ0v) is 10.2. The zero-order chi connectivity index (χ0) is 11.3. The molecule has 0 bridgehead atoms. The van der Waals surface area contributed by atoms with Gasteiger partial charge in [-0.25, -0.2) is 12.7 Å². The lowest BCUT2D eigenvalue weighted by Gasteiger charge is -2.23. The molecule has 0 saturated carbocycles. The predicted octanol–water partition coefficient (Wildman–Crippen LogP) is -0.354. The fourth-order valence-corrected chi connectivity index (χ4v) is 2.14. The molecule has 1 saturated heterocycles. The van der Waals surface area contributed by atoms with E-state index in [4.69, 9.17) is 4.74 Å².